The fourth-order valence-corrected chi connectivity index (χ4v) is 1.62. The minimum atomic E-state index is -1.05. The lowest BCUT2D eigenvalue weighted by Crippen LogP contribution is -2.46. The number of anilines is 1. The number of benzene rings is 1. The van der Waals surface area contributed by atoms with Crippen molar-refractivity contribution in [2.45, 2.75) is 19.4 Å². The molecule has 0 saturated carbocycles. The lowest BCUT2D eigenvalue weighted by atomic mass is 10.1. The summed E-state index contributed by atoms with van der Waals surface area (Å²) in [4.78, 5) is 11.5. The summed E-state index contributed by atoms with van der Waals surface area (Å²) in [5.74, 6) is -0.703. The Labute approximate surface area is 94.7 Å². The maximum atomic E-state index is 13.6. The summed E-state index contributed by atoms with van der Waals surface area (Å²) in [5, 5.41) is 2.59. The molecular weight excluding hydrogens is 265 g/mol. The van der Waals surface area contributed by atoms with E-state index in [1.165, 1.54) is 6.07 Å². The van der Waals surface area contributed by atoms with Gasteiger partial charge >= 0.3 is 0 Å². The Morgan fingerprint density at radius 3 is 2.80 bits per heavy atom. The number of rotatable bonds is 0. The van der Waals surface area contributed by atoms with Crippen LogP contribution in [0.4, 0.5) is 10.1 Å². The number of ether oxygens (including phenoxy) is 1. The zero-order valence-corrected chi connectivity index (χ0v) is 9.81. The van der Waals surface area contributed by atoms with Gasteiger partial charge in [-0.05, 0) is 41.9 Å². The van der Waals surface area contributed by atoms with Crippen molar-refractivity contribution in [3.8, 4) is 5.75 Å². The minimum absolute atomic E-state index is 0.0778. The molecule has 1 aromatic carbocycles. The first-order valence-electron chi connectivity index (χ1n) is 4.40. The van der Waals surface area contributed by atoms with Gasteiger partial charge in [0.15, 0.2) is 17.2 Å². The third-order valence-corrected chi connectivity index (χ3v) is 2.81. The van der Waals surface area contributed by atoms with Crippen LogP contribution in [0.3, 0.4) is 0 Å². The van der Waals surface area contributed by atoms with E-state index < -0.39 is 11.4 Å². The van der Waals surface area contributed by atoms with Crippen molar-refractivity contribution in [2.24, 2.45) is 0 Å². The Kier molecular flexibility index (Phi) is 2.22. The van der Waals surface area contributed by atoms with E-state index in [0.29, 0.717) is 10.2 Å². The van der Waals surface area contributed by atoms with Gasteiger partial charge < -0.3 is 10.1 Å². The van der Waals surface area contributed by atoms with Gasteiger partial charge in [0, 0.05) is 0 Å². The zero-order chi connectivity index (χ0) is 11.2. The highest BCUT2D eigenvalue weighted by Crippen LogP contribution is 2.38. The molecule has 0 fully saturated rings. The minimum Gasteiger partial charge on any atom is -0.473 e. The molecule has 0 spiro atoms. The molecule has 3 nitrogen and oxygen atoms in total. The summed E-state index contributed by atoms with van der Waals surface area (Å²) in [5.41, 5.74) is -0.686. The van der Waals surface area contributed by atoms with Crippen LogP contribution in [-0.4, -0.2) is 11.5 Å². The summed E-state index contributed by atoms with van der Waals surface area (Å²) >= 11 is 3.06. The molecule has 1 heterocycles. The van der Waals surface area contributed by atoms with Crippen LogP contribution in [0.1, 0.15) is 13.8 Å². The van der Waals surface area contributed by atoms with Gasteiger partial charge in [0.2, 0.25) is 0 Å². The summed E-state index contributed by atoms with van der Waals surface area (Å²) < 4.78 is 19.3. The maximum Gasteiger partial charge on any atom is 0.268 e. The summed E-state index contributed by atoms with van der Waals surface area (Å²) in [6, 6.07) is 3.12. The quantitative estimate of drug-likeness (QED) is 0.789. The van der Waals surface area contributed by atoms with Gasteiger partial charge in [-0.3, -0.25) is 4.79 Å². The SMILES string of the molecule is CC1(C)Oc2c(ccc(Br)c2F)NC1=O. The molecule has 0 bridgehead atoms. The van der Waals surface area contributed by atoms with Crippen molar-refractivity contribution in [3.63, 3.8) is 0 Å². The molecule has 1 amide bonds. The molecule has 0 unspecified atom stereocenters. The van der Waals surface area contributed by atoms with Crippen LogP contribution >= 0.6 is 15.9 Å². The van der Waals surface area contributed by atoms with Crippen LogP contribution < -0.4 is 10.1 Å². The molecule has 2 rings (SSSR count). The van der Waals surface area contributed by atoms with Gasteiger partial charge in [-0.1, -0.05) is 0 Å². The molecule has 0 atom stereocenters. The van der Waals surface area contributed by atoms with Gasteiger partial charge in [0.1, 0.15) is 0 Å². The number of fused-ring (bicyclic) bond motifs is 1. The van der Waals surface area contributed by atoms with E-state index in [4.69, 9.17) is 4.74 Å². The van der Waals surface area contributed by atoms with Gasteiger partial charge in [-0.25, -0.2) is 4.39 Å². The van der Waals surface area contributed by atoms with Crippen molar-refractivity contribution >= 4 is 27.5 Å². The van der Waals surface area contributed by atoms with Crippen molar-refractivity contribution < 1.29 is 13.9 Å². The van der Waals surface area contributed by atoms with Gasteiger partial charge in [0.05, 0.1) is 10.2 Å². The summed E-state index contributed by atoms with van der Waals surface area (Å²) in [6.07, 6.45) is 0. The second kappa shape index (κ2) is 3.20. The van der Waals surface area contributed by atoms with E-state index in [-0.39, 0.29) is 11.7 Å². The molecule has 0 saturated heterocycles. The van der Waals surface area contributed by atoms with Crippen molar-refractivity contribution in [1.82, 2.24) is 0 Å². The number of carbonyl (C=O) groups excluding carboxylic acids is 1. The first kappa shape index (κ1) is 10.4. The highest BCUT2D eigenvalue weighted by Gasteiger charge is 2.37. The highest BCUT2D eigenvalue weighted by molar-refractivity contribution is 9.10. The molecule has 1 aliphatic heterocycles. The van der Waals surface area contributed by atoms with Crippen LogP contribution in [0.15, 0.2) is 16.6 Å². The molecule has 0 aliphatic carbocycles. The van der Waals surface area contributed by atoms with Crippen LogP contribution in [0.5, 0.6) is 5.75 Å². The Balaban J connectivity index is 2.56. The lowest BCUT2D eigenvalue weighted by molar-refractivity contribution is -0.129. The van der Waals surface area contributed by atoms with E-state index in [1.807, 2.05) is 0 Å². The Bertz CT molecular complexity index is 445. The average molecular weight is 274 g/mol. The number of carbonyl (C=O) groups is 1. The molecule has 1 aliphatic rings. The second-order valence-electron chi connectivity index (χ2n) is 3.80. The van der Waals surface area contributed by atoms with Crippen LogP contribution in [-0.2, 0) is 4.79 Å². The van der Waals surface area contributed by atoms with E-state index in [2.05, 4.69) is 21.2 Å². The fraction of sp³-hybridized carbons (Fsp3) is 0.300. The number of nitrogens with one attached hydrogen (secondary N) is 1. The second-order valence-corrected chi connectivity index (χ2v) is 4.66. The molecule has 80 valence electrons. The Hall–Kier alpha value is -1.10. The van der Waals surface area contributed by atoms with Gasteiger partial charge in [-0.2, -0.15) is 0 Å². The van der Waals surface area contributed by atoms with Crippen LogP contribution in [0.25, 0.3) is 0 Å². The first-order valence-corrected chi connectivity index (χ1v) is 5.19. The van der Waals surface area contributed by atoms with Crippen molar-refractivity contribution in [1.29, 1.82) is 0 Å². The Morgan fingerprint density at radius 2 is 2.13 bits per heavy atom. The molecular formula is C10H9BrFNO2. The monoisotopic (exact) mass is 273 g/mol. The smallest absolute Gasteiger partial charge is 0.268 e. The van der Waals surface area contributed by atoms with Crippen molar-refractivity contribution in [2.75, 3.05) is 5.32 Å². The van der Waals surface area contributed by atoms with Gasteiger partial charge in [-0.15, -0.1) is 0 Å². The van der Waals surface area contributed by atoms with Crippen molar-refractivity contribution in [3.05, 3.63) is 22.4 Å². The predicted octanol–water partition coefficient (Wildman–Crippen LogP) is 2.70. The number of amides is 1. The number of hydrogen-bond acceptors (Lipinski definition) is 2. The summed E-state index contributed by atoms with van der Waals surface area (Å²) in [7, 11) is 0. The fourth-order valence-electron chi connectivity index (χ4n) is 1.30. The van der Waals surface area contributed by atoms with E-state index in [0.717, 1.165) is 0 Å². The molecule has 15 heavy (non-hydrogen) atoms. The number of hydrogen-bond donors (Lipinski definition) is 1. The number of halogens is 2. The summed E-state index contributed by atoms with van der Waals surface area (Å²) in [6.45, 7) is 3.18. The maximum absolute atomic E-state index is 13.6. The Morgan fingerprint density at radius 1 is 1.47 bits per heavy atom. The zero-order valence-electron chi connectivity index (χ0n) is 8.23. The highest BCUT2D eigenvalue weighted by atomic mass is 79.9. The van der Waals surface area contributed by atoms with Crippen LogP contribution in [0.2, 0.25) is 0 Å². The lowest BCUT2D eigenvalue weighted by Gasteiger charge is -2.31. The van der Waals surface area contributed by atoms with Gasteiger partial charge in [0.25, 0.3) is 5.91 Å². The third-order valence-electron chi connectivity index (χ3n) is 2.20. The molecule has 1 N–H and O–H groups in total. The molecule has 5 heteroatoms. The average Bonchev–Trinajstić information content (AvgIpc) is 2.15. The standard InChI is InChI=1S/C10H9BrFNO2/c1-10(2)9(14)13-6-4-3-5(11)7(12)8(6)15-10/h3-4H,1-2H3,(H,13,14). The molecule has 0 aromatic heterocycles. The van der Waals surface area contributed by atoms with E-state index in [9.17, 15) is 9.18 Å². The van der Waals surface area contributed by atoms with E-state index in [1.54, 1.807) is 19.9 Å². The van der Waals surface area contributed by atoms with Crippen LogP contribution in [0, 0.1) is 5.82 Å². The van der Waals surface area contributed by atoms with E-state index >= 15 is 0 Å². The first-order chi connectivity index (χ1) is 6.92. The topological polar surface area (TPSA) is 38.3 Å². The predicted molar refractivity (Wildman–Crippen MR) is 57.4 cm³/mol. The normalized spacial score (nSPS) is 17.7. The largest absolute Gasteiger partial charge is 0.473 e. The molecule has 1 aromatic rings. The third kappa shape index (κ3) is 1.61. The molecule has 0 radical (unpaired) electrons.